The number of nitrogens with zero attached hydrogens (tertiary/aromatic N) is 6. The second-order valence-electron chi connectivity index (χ2n) is 8.45. The molecule has 1 fully saturated rings. The van der Waals surface area contributed by atoms with Gasteiger partial charge in [0.05, 0.1) is 17.9 Å². The van der Waals surface area contributed by atoms with E-state index in [1.807, 2.05) is 35.4 Å². The van der Waals surface area contributed by atoms with Gasteiger partial charge in [0, 0.05) is 43.4 Å². The molecule has 1 aromatic heterocycles. The number of piperazine rings is 1. The van der Waals surface area contributed by atoms with Crippen LogP contribution in [-0.2, 0) is 0 Å². The van der Waals surface area contributed by atoms with Crippen molar-refractivity contribution < 1.29 is 4.79 Å². The van der Waals surface area contributed by atoms with Gasteiger partial charge in [0.25, 0.3) is 5.91 Å². The van der Waals surface area contributed by atoms with E-state index in [4.69, 9.17) is 0 Å². The lowest BCUT2D eigenvalue weighted by Gasteiger charge is -2.37. The maximum atomic E-state index is 13.1. The monoisotopic (exact) mass is 417 g/mol. The van der Waals surface area contributed by atoms with Crippen molar-refractivity contribution in [2.75, 3.05) is 26.2 Å². The van der Waals surface area contributed by atoms with E-state index in [1.54, 1.807) is 4.68 Å². The Hall–Kier alpha value is -3.26. The number of allylic oxidation sites excluding steroid dienone is 2. The summed E-state index contributed by atoms with van der Waals surface area (Å²) in [5.41, 5.74) is 7.34. The van der Waals surface area contributed by atoms with Crippen LogP contribution in [0.1, 0.15) is 36.3 Å². The van der Waals surface area contributed by atoms with Gasteiger partial charge in [-0.1, -0.05) is 29.5 Å². The number of carbonyl (C=O) groups is 1. The molecule has 160 valence electrons. The van der Waals surface area contributed by atoms with Gasteiger partial charge in [-0.2, -0.15) is 5.10 Å². The molecule has 0 radical (unpaired) electrons. The highest BCUT2D eigenvalue weighted by Crippen LogP contribution is 2.23. The zero-order chi connectivity index (χ0) is 21.4. The first kappa shape index (κ1) is 19.7. The summed E-state index contributed by atoms with van der Waals surface area (Å²) in [4.78, 5) is 17.4. The number of hydrazone groups is 1. The van der Waals surface area contributed by atoms with Crippen LogP contribution in [0.4, 0.5) is 0 Å². The standard InChI is InChI=1S/C23H27N7O/c1-16(2)28-10-12-29(13-11-28)23(31)17-6-5-7-18(14-17)30-15-21(25-27-30)22-19-8-3-4-9-20(19)24-26-22/h3-8,14-16,20,24H,9-13H2,1-2H3. The fourth-order valence-electron chi connectivity index (χ4n) is 4.31. The van der Waals surface area contributed by atoms with Crippen molar-refractivity contribution in [2.24, 2.45) is 5.10 Å². The molecule has 0 spiro atoms. The molecule has 0 saturated carbocycles. The van der Waals surface area contributed by atoms with Gasteiger partial charge >= 0.3 is 0 Å². The highest BCUT2D eigenvalue weighted by molar-refractivity contribution is 6.13. The molecule has 5 rings (SSSR count). The van der Waals surface area contributed by atoms with Crippen molar-refractivity contribution in [3.05, 3.63) is 65.5 Å². The number of carbonyl (C=O) groups excluding carboxylic acids is 1. The molecule has 1 aromatic carbocycles. The number of hydrogen-bond donors (Lipinski definition) is 1. The van der Waals surface area contributed by atoms with E-state index >= 15 is 0 Å². The molecule has 0 bridgehead atoms. The van der Waals surface area contributed by atoms with Gasteiger partial charge in [0.2, 0.25) is 0 Å². The quantitative estimate of drug-likeness (QED) is 0.823. The van der Waals surface area contributed by atoms with Crippen molar-refractivity contribution in [1.82, 2.24) is 30.2 Å². The molecule has 1 N–H and O–H groups in total. The third-order valence-electron chi connectivity index (χ3n) is 6.19. The predicted octanol–water partition coefficient (Wildman–Crippen LogP) is 2.00. The van der Waals surface area contributed by atoms with Crippen LogP contribution < -0.4 is 5.43 Å². The SMILES string of the molecule is CC(C)N1CCN(C(=O)c2cccc(-n3cc(C4=NNC5CC=CC=C45)nn3)c2)CC1. The van der Waals surface area contributed by atoms with E-state index in [9.17, 15) is 4.79 Å². The molecule has 3 heterocycles. The zero-order valence-corrected chi connectivity index (χ0v) is 17.9. The predicted molar refractivity (Wildman–Crippen MR) is 119 cm³/mol. The maximum Gasteiger partial charge on any atom is 0.254 e. The Kier molecular flexibility index (Phi) is 5.15. The second-order valence-corrected chi connectivity index (χ2v) is 8.45. The minimum absolute atomic E-state index is 0.0666. The number of amides is 1. The molecule has 2 aliphatic heterocycles. The van der Waals surface area contributed by atoms with Crippen LogP contribution in [0.3, 0.4) is 0 Å². The summed E-state index contributed by atoms with van der Waals surface area (Å²) in [6.07, 6.45) is 9.04. The van der Waals surface area contributed by atoms with Gasteiger partial charge in [-0.3, -0.25) is 9.69 Å². The molecule has 1 aliphatic carbocycles. The molecule has 8 heteroatoms. The van der Waals surface area contributed by atoms with Gasteiger partial charge in [-0.25, -0.2) is 4.68 Å². The first-order chi connectivity index (χ1) is 15.1. The lowest BCUT2D eigenvalue weighted by atomic mass is 9.95. The van der Waals surface area contributed by atoms with Crippen LogP contribution in [0, 0.1) is 0 Å². The van der Waals surface area contributed by atoms with Crippen LogP contribution in [0.15, 0.2) is 59.4 Å². The Morgan fingerprint density at radius 2 is 2.03 bits per heavy atom. The number of aromatic nitrogens is 3. The first-order valence-electron chi connectivity index (χ1n) is 10.9. The minimum atomic E-state index is 0.0666. The van der Waals surface area contributed by atoms with Crippen LogP contribution in [0.5, 0.6) is 0 Å². The highest BCUT2D eigenvalue weighted by atomic mass is 16.2. The van der Waals surface area contributed by atoms with Crippen LogP contribution in [0.2, 0.25) is 0 Å². The third kappa shape index (κ3) is 3.79. The molecule has 2 aromatic rings. The van der Waals surface area contributed by atoms with Gasteiger partial charge in [-0.05, 0) is 38.5 Å². The summed E-state index contributed by atoms with van der Waals surface area (Å²) >= 11 is 0. The first-order valence-corrected chi connectivity index (χ1v) is 10.9. The van der Waals surface area contributed by atoms with E-state index in [2.05, 4.69) is 57.8 Å². The molecule has 1 atom stereocenters. The Morgan fingerprint density at radius 3 is 2.84 bits per heavy atom. The van der Waals surface area contributed by atoms with Crippen molar-refractivity contribution in [2.45, 2.75) is 32.4 Å². The number of fused-ring (bicyclic) bond motifs is 1. The lowest BCUT2D eigenvalue weighted by Crippen LogP contribution is -2.50. The Labute approximate surface area is 181 Å². The van der Waals surface area contributed by atoms with E-state index in [0.717, 1.165) is 55.3 Å². The number of nitrogens with one attached hydrogen (secondary N) is 1. The van der Waals surface area contributed by atoms with Crippen molar-refractivity contribution in [3.63, 3.8) is 0 Å². The van der Waals surface area contributed by atoms with E-state index in [0.29, 0.717) is 11.6 Å². The van der Waals surface area contributed by atoms with Gasteiger partial charge in [-0.15, -0.1) is 5.10 Å². The topological polar surface area (TPSA) is 78.7 Å². The number of hydrogen-bond acceptors (Lipinski definition) is 6. The lowest BCUT2D eigenvalue weighted by molar-refractivity contribution is 0.0595. The third-order valence-corrected chi connectivity index (χ3v) is 6.19. The largest absolute Gasteiger partial charge is 0.336 e. The average Bonchev–Trinajstić information content (AvgIpc) is 3.46. The van der Waals surface area contributed by atoms with Crippen molar-refractivity contribution in [3.8, 4) is 5.69 Å². The molecule has 31 heavy (non-hydrogen) atoms. The summed E-state index contributed by atoms with van der Waals surface area (Å²) < 4.78 is 1.71. The van der Waals surface area contributed by atoms with E-state index < -0.39 is 0 Å². The fourth-order valence-corrected chi connectivity index (χ4v) is 4.31. The van der Waals surface area contributed by atoms with E-state index in [-0.39, 0.29) is 11.9 Å². The maximum absolute atomic E-state index is 13.1. The van der Waals surface area contributed by atoms with Gasteiger partial charge < -0.3 is 10.3 Å². The molecule has 3 aliphatic rings. The van der Waals surface area contributed by atoms with Gasteiger partial charge in [0.1, 0.15) is 11.4 Å². The Morgan fingerprint density at radius 1 is 1.19 bits per heavy atom. The summed E-state index contributed by atoms with van der Waals surface area (Å²) in [7, 11) is 0. The van der Waals surface area contributed by atoms with Crippen LogP contribution in [-0.4, -0.2) is 74.7 Å². The zero-order valence-electron chi connectivity index (χ0n) is 17.9. The number of rotatable bonds is 4. The smallest absolute Gasteiger partial charge is 0.254 e. The molecule has 8 nitrogen and oxygen atoms in total. The highest BCUT2D eigenvalue weighted by Gasteiger charge is 2.28. The molecule has 1 unspecified atom stereocenters. The fraction of sp³-hybridized carbons (Fsp3) is 0.391. The molecule has 1 amide bonds. The number of benzene rings is 1. The molecule has 1 saturated heterocycles. The average molecular weight is 418 g/mol. The second kappa shape index (κ2) is 8.11. The summed E-state index contributed by atoms with van der Waals surface area (Å²) in [6, 6.07) is 8.31. The minimum Gasteiger partial charge on any atom is -0.336 e. The van der Waals surface area contributed by atoms with E-state index in [1.165, 1.54) is 0 Å². The summed E-state index contributed by atoms with van der Waals surface area (Å²) in [6.45, 7) is 7.73. The Balaban J connectivity index is 1.33. The normalized spacial score (nSPS) is 21.0. The molecular weight excluding hydrogens is 390 g/mol. The van der Waals surface area contributed by atoms with Crippen LogP contribution >= 0.6 is 0 Å². The van der Waals surface area contributed by atoms with Crippen molar-refractivity contribution in [1.29, 1.82) is 0 Å². The van der Waals surface area contributed by atoms with Crippen molar-refractivity contribution >= 4 is 11.6 Å². The Bertz CT molecular complexity index is 1070. The van der Waals surface area contributed by atoms with Gasteiger partial charge in [0.15, 0.2) is 0 Å². The molecular formula is C23H27N7O. The van der Waals surface area contributed by atoms with Crippen LogP contribution in [0.25, 0.3) is 5.69 Å². The summed E-state index contributed by atoms with van der Waals surface area (Å²) in [5.74, 6) is 0.0666. The summed E-state index contributed by atoms with van der Waals surface area (Å²) in [5, 5.41) is 13.1.